The fourth-order valence-electron chi connectivity index (χ4n) is 2.72. The number of rotatable bonds is 4. The molecule has 1 rings (SSSR count). The first-order valence-electron chi connectivity index (χ1n) is 6.37. The number of hydrogen-bond acceptors (Lipinski definition) is 2. The Morgan fingerprint density at radius 1 is 1.25 bits per heavy atom. The molecule has 0 bridgehead atoms. The molecule has 1 saturated carbocycles. The first-order chi connectivity index (χ1) is 7.60. The van der Waals surface area contributed by atoms with E-state index < -0.39 is 11.4 Å². The van der Waals surface area contributed by atoms with Gasteiger partial charge in [0.15, 0.2) is 0 Å². The van der Waals surface area contributed by atoms with Crippen molar-refractivity contribution in [1.29, 1.82) is 0 Å². The van der Waals surface area contributed by atoms with Gasteiger partial charge >= 0.3 is 5.97 Å². The van der Waals surface area contributed by atoms with E-state index in [0.29, 0.717) is 6.42 Å². The van der Waals surface area contributed by atoms with Gasteiger partial charge in [0, 0.05) is 7.11 Å². The van der Waals surface area contributed by atoms with E-state index in [1.807, 2.05) is 6.92 Å². The molecule has 1 atom stereocenters. The van der Waals surface area contributed by atoms with Crippen molar-refractivity contribution in [2.75, 3.05) is 7.11 Å². The van der Waals surface area contributed by atoms with Crippen LogP contribution in [0.5, 0.6) is 0 Å². The van der Waals surface area contributed by atoms with Crippen LogP contribution in [-0.2, 0) is 9.53 Å². The second kappa shape index (κ2) is 6.24. The molecule has 16 heavy (non-hydrogen) atoms. The number of carboxylic acid groups (broad SMARTS) is 1. The van der Waals surface area contributed by atoms with E-state index in [4.69, 9.17) is 4.74 Å². The van der Waals surface area contributed by atoms with Crippen LogP contribution in [0.15, 0.2) is 0 Å². The first kappa shape index (κ1) is 13.5. The Labute approximate surface area is 98.2 Å². The summed E-state index contributed by atoms with van der Waals surface area (Å²) in [6.07, 6.45) is 8.02. The van der Waals surface area contributed by atoms with E-state index in [2.05, 4.69) is 0 Å². The third kappa shape index (κ3) is 3.48. The SMILES string of the molecule is COC(C)CC1(C(=O)O)CCCCCCC1. The molecule has 3 heteroatoms. The molecule has 0 saturated heterocycles. The van der Waals surface area contributed by atoms with Crippen LogP contribution in [-0.4, -0.2) is 24.3 Å². The van der Waals surface area contributed by atoms with Gasteiger partial charge in [-0.25, -0.2) is 0 Å². The average molecular weight is 228 g/mol. The second-order valence-electron chi connectivity index (χ2n) is 5.10. The highest BCUT2D eigenvalue weighted by molar-refractivity contribution is 5.74. The molecule has 0 amide bonds. The summed E-state index contributed by atoms with van der Waals surface area (Å²) in [5.41, 5.74) is -0.532. The van der Waals surface area contributed by atoms with Gasteiger partial charge in [0.2, 0.25) is 0 Å². The van der Waals surface area contributed by atoms with Gasteiger partial charge in [-0.15, -0.1) is 0 Å². The van der Waals surface area contributed by atoms with Gasteiger partial charge in [0.1, 0.15) is 0 Å². The van der Waals surface area contributed by atoms with E-state index >= 15 is 0 Å². The highest BCUT2D eigenvalue weighted by Gasteiger charge is 2.39. The normalized spacial score (nSPS) is 23.1. The molecule has 0 aliphatic heterocycles. The Morgan fingerprint density at radius 3 is 2.19 bits per heavy atom. The van der Waals surface area contributed by atoms with Crippen LogP contribution in [0.1, 0.15) is 58.3 Å². The quantitative estimate of drug-likeness (QED) is 0.803. The Morgan fingerprint density at radius 2 is 1.75 bits per heavy atom. The molecule has 1 aliphatic rings. The van der Waals surface area contributed by atoms with Crippen LogP contribution in [0, 0.1) is 5.41 Å². The van der Waals surface area contributed by atoms with Crippen LogP contribution in [0.25, 0.3) is 0 Å². The zero-order chi connectivity index (χ0) is 12.0. The fraction of sp³-hybridized carbons (Fsp3) is 0.923. The van der Waals surface area contributed by atoms with E-state index in [9.17, 15) is 9.90 Å². The number of ether oxygens (including phenoxy) is 1. The van der Waals surface area contributed by atoms with Gasteiger partial charge < -0.3 is 9.84 Å². The minimum absolute atomic E-state index is 0.0375. The van der Waals surface area contributed by atoms with Crippen molar-refractivity contribution in [3.8, 4) is 0 Å². The molecule has 94 valence electrons. The molecule has 0 aromatic rings. The Kier molecular flexibility index (Phi) is 5.26. The Bertz CT molecular complexity index is 217. The molecule has 1 N–H and O–H groups in total. The molecular weight excluding hydrogens is 204 g/mol. The molecule has 0 radical (unpaired) electrons. The second-order valence-corrected chi connectivity index (χ2v) is 5.10. The highest BCUT2D eigenvalue weighted by atomic mass is 16.5. The first-order valence-corrected chi connectivity index (χ1v) is 6.37. The zero-order valence-corrected chi connectivity index (χ0v) is 10.5. The van der Waals surface area contributed by atoms with Crippen LogP contribution >= 0.6 is 0 Å². The monoisotopic (exact) mass is 228 g/mol. The lowest BCUT2D eigenvalue weighted by molar-refractivity contribution is -0.152. The van der Waals surface area contributed by atoms with Gasteiger partial charge in [-0.1, -0.05) is 32.1 Å². The van der Waals surface area contributed by atoms with Gasteiger partial charge in [0.05, 0.1) is 11.5 Å². The lowest BCUT2D eigenvalue weighted by atomic mass is 9.72. The molecule has 0 spiro atoms. The maximum Gasteiger partial charge on any atom is 0.309 e. The number of carbonyl (C=O) groups is 1. The largest absolute Gasteiger partial charge is 0.481 e. The minimum atomic E-state index is -0.627. The summed E-state index contributed by atoms with van der Waals surface area (Å²) < 4.78 is 5.24. The highest BCUT2D eigenvalue weighted by Crippen LogP contribution is 2.39. The fourth-order valence-corrected chi connectivity index (χ4v) is 2.72. The topological polar surface area (TPSA) is 46.5 Å². The van der Waals surface area contributed by atoms with Crippen molar-refractivity contribution in [1.82, 2.24) is 0 Å². The van der Waals surface area contributed by atoms with Gasteiger partial charge in [-0.2, -0.15) is 0 Å². The number of aliphatic carboxylic acids is 1. The average Bonchev–Trinajstić information content (AvgIpc) is 2.21. The minimum Gasteiger partial charge on any atom is -0.481 e. The van der Waals surface area contributed by atoms with Crippen LogP contribution in [0.2, 0.25) is 0 Å². The van der Waals surface area contributed by atoms with Crippen LogP contribution in [0.4, 0.5) is 0 Å². The number of hydrogen-bond donors (Lipinski definition) is 1. The predicted octanol–water partition coefficient (Wildman–Crippen LogP) is 3.23. The Hall–Kier alpha value is -0.570. The summed E-state index contributed by atoms with van der Waals surface area (Å²) >= 11 is 0. The molecule has 1 aliphatic carbocycles. The van der Waals surface area contributed by atoms with E-state index in [1.54, 1.807) is 7.11 Å². The third-order valence-corrected chi connectivity index (χ3v) is 3.84. The maximum atomic E-state index is 11.5. The third-order valence-electron chi connectivity index (χ3n) is 3.84. The molecule has 0 heterocycles. The van der Waals surface area contributed by atoms with Crippen molar-refractivity contribution in [3.05, 3.63) is 0 Å². The zero-order valence-electron chi connectivity index (χ0n) is 10.5. The van der Waals surface area contributed by atoms with E-state index in [1.165, 1.54) is 19.3 Å². The van der Waals surface area contributed by atoms with Crippen molar-refractivity contribution in [2.24, 2.45) is 5.41 Å². The van der Waals surface area contributed by atoms with Crippen molar-refractivity contribution < 1.29 is 14.6 Å². The lowest BCUT2D eigenvalue weighted by Crippen LogP contribution is -2.35. The van der Waals surface area contributed by atoms with Crippen LogP contribution < -0.4 is 0 Å². The van der Waals surface area contributed by atoms with Crippen molar-refractivity contribution in [2.45, 2.75) is 64.4 Å². The number of methoxy groups -OCH3 is 1. The van der Waals surface area contributed by atoms with E-state index in [-0.39, 0.29) is 6.10 Å². The summed E-state index contributed by atoms with van der Waals surface area (Å²) in [4.78, 5) is 11.5. The molecular formula is C13H24O3. The standard InChI is InChI=1S/C13H24O3/c1-11(16-2)10-13(12(14)15)8-6-4-3-5-7-9-13/h11H,3-10H2,1-2H3,(H,14,15). The molecule has 0 aromatic heterocycles. The van der Waals surface area contributed by atoms with Gasteiger partial charge in [-0.3, -0.25) is 4.79 Å². The predicted molar refractivity (Wildman–Crippen MR) is 63.5 cm³/mol. The smallest absolute Gasteiger partial charge is 0.309 e. The maximum absolute atomic E-state index is 11.5. The van der Waals surface area contributed by atoms with Crippen molar-refractivity contribution in [3.63, 3.8) is 0 Å². The van der Waals surface area contributed by atoms with Gasteiger partial charge in [-0.05, 0) is 26.2 Å². The van der Waals surface area contributed by atoms with Crippen LogP contribution in [0.3, 0.4) is 0 Å². The van der Waals surface area contributed by atoms with Gasteiger partial charge in [0.25, 0.3) is 0 Å². The molecule has 1 unspecified atom stereocenters. The molecule has 1 fully saturated rings. The Balaban J connectivity index is 2.71. The van der Waals surface area contributed by atoms with Crippen molar-refractivity contribution >= 4 is 5.97 Å². The summed E-state index contributed by atoms with van der Waals surface area (Å²) in [5.74, 6) is -0.627. The lowest BCUT2D eigenvalue weighted by Gasteiger charge is -2.33. The molecule has 3 nitrogen and oxygen atoms in total. The summed E-state index contributed by atoms with van der Waals surface area (Å²) in [6.45, 7) is 1.96. The summed E-state index contributed by atoms with van der Waals surface area (Å²) in [7, 11) is 1.66. The molecule has 0 aromatic carbocycles. The number of carboxylic acids is 1. The summed E-state index contributed by atoms with van der Waals surface area (Å²) in [6, 6.07) is 0. The summed E-state index contributed by atoms with van der Waals surface area (Å²) in [5, 5.41) is 9.49. The van der Waals surface area contributed by atoms with E-state index in [0.717, 1.165) is 25.7 Å².